The zero-order valence-corrected chi connectivity index (χ0v) is 12.2. The van der Waals surface area contributed by atoms with Crippen molar-refractivity contribution in [2.75, 3.05) is 0 Å². The topological polar surface area (TPSA) is 40.5 Å². The first-order chi connectivity index (χ1) is 9.04. The standard InChI is InChI=1S/C15H27B2O2/c1-17-14-10-11(18)6-5-8-13-12(14)7-3-2-4-9-15(13,16)19/h11-14,18-19H,2-10H2,1H3. The van der Waals surface area contributed by atoms with Crippen molar-refractivity contribution in [3.8, 4) is 0 Å². The minimum Gasteiger partial charge on any atom is -0.400 e. The molecule has 2 rings (SSSR count). The van der Waals surface area contributed by atoms with E-state index in [1.165, 1.54) is 12.8 Å². The van der Waals surface area contributed by atoms with E-state index in [1.807, 2.05) is 0 Å². The van der Waals surface area contributed by atoms with Gasteiger partial charge in [0.25, 0.3) is 0 Å². The highest BCUT2D eigenvalue weighted by atomic mass is 16.3. The van der Waals surface area contributed by atoms with Gasteiger partial charge in [-0.05, 0) is 37.5 Å². The first-order valence-corrected chi connectivity index (χ1v) is 8.03. The summed E-state index contributed by atoms with van der Waals surface area (Å²) in [7, 11) is 8.48. The quantitative estimate of drug-likeness (QED) is 0.712. The molecule has 5 unspecified atom stereocenters. The summed E-state index contributed by atoms with van der Waals surface area (Å²) in [5, 5.41) is 20.7. The first kappa shape index (κ1) is 15.4. The monoisotopic (exact) mass is 261 g/mol. The number of aliphatic hydroxyl groups excluding tert-OH is 1. The fourth-order valence-corrected chi connectivity index (χ4v) is 4.26. The smallest absolute Gasteiger partial charge is 0.113 e. The maximum atomic E-state index is 10.7. The van der Waals surface area contributed by atoms with Crippen LogP contribution in [0.1, 0.15) is 57.8 Å². The van der Waals surface area contributed by atoms with Gasteiger partial charge >= 0.3 is 0 Å². The lowest BCUT2D eigenvalue weighted by atomic mass is 9.49. The number of hydrogen-bond donors (Lipinski definition) is 2. The second-order valence-electron chi connectivity index (χ2n) is 6.68. The highest BCUT2D eigenvalue weighted by Gasteiger charge is 2.41. The molecule has 0 aliphatic heterocycles. The number of rotatable bonds is 1. The van der Waals surface area contributed by atoms with Crippen LogP contribution in [0, 0.1) is 11.8 Å². The average molecular weight is 261 g/mol. The number of hydrogen-bond acceptors (Lipinski definition) is 2. The van der Waals surface area contributed by atoms with Gasteiger partial charge in [-0.25, -0.2) is 0 Å². The van der Waals surface area contributed by atoms with E-state index in [2.05, 4.69) is 14.1 Å². The molecule has 2 saturated carbocycles. The molecule has 0 aromatic rings. The van der Waals surface area contributed by atoms with Crippen LogP contribution in [0.3, 0.4) is 0 Å². The SMILES string of the molecule is [B]C1(O)CCCCCC2C([B]C)CC(O)CCCC21. The van der Waals surface area contributed by atoms with Crippen molar-refractivity contribution >= 4 is 15.1 Å². The summed E-state index contributed by atoms with van der Waals surface area (Å²) in [5.41, 5.74) is -1.01. The predicted molar refractivity (Wildman–Crippen MR) is 80.6 cm³/mol. The first-order valence-electron chi connectivity index (χ1n) is 8.03. The molecule has 3 radical (unpaired) electrons. The Kier molecular flexibility index (Phi) is 5.42. The van der Waals surface area contributed by atoms with Crippen LogP contribution in [-0.2, 0) is 0 Å². The van der Waals surface area contributed by atoms with Gasteiger partial charge in [-0.15, -0.1) is 0 Å². The summed E-state index contributed by atoms with van der Waals surface area (Å²) in [4.78, 5) is 0. The van der Waals surface area contributed by atoms with Crippen molar-refractivity contribution in [3.05, 3.63) is 0 Å². The summed E-state index contributed by atoms with van der Waals surface area (Å²) in [6.45, 7) is 2.09. The van der Waals surface area contributed by atoms with E-state index in [0.717, 1.165) is 44.9 Å². The third-order valence-electron chi connectivity index (χ3n) is 5.35. The van der Waals surface area contributed by atoms with Gasteiger partial charge in [0.2, 0.25) is 0 Å². The van der Waals surface area contributed by atoms with Crippen molar-refractivity contribution in [3.63, 3.8) is 0 Å². The minimum atomic E-state index is -1.01. The van der Waals surface area contributed by atoms with E-state index >= 15 is 0 Å². The van der Waals surface area contributed by atoms with E-state index in [4.69, 9.17) is 7.85 Å². The summed E-state index contributed by atoms with van der Waals surface area (Å²) in [6.07, 6.45) is 8.77. The van der Waals surface area contributed by atoms with Crippen molar-refractivity contribution in [1.82, 2.24) is 0 Å². The molecule has 105 valence electrons. The molecule has 0 aromatic heterocycles. The Hall–Kier alpha value is 0.0499. The van der Waals surface area contributed by atoms with Gasteiger partial charge in [-0.3, -0.25) is 0 Å². The predicted octanol–water partition coefficient (Wildman–Crippen LogP) is 2.52. The van der Waals surface area contributed by atoms with Crippen LogP contribution < -0.4 is 0 Å². The van der Waals surface area contributed by atoms with Gasteiger partial charge in [0.05, 0.1) is 6.10 Å². The highest BCUT2D eigenvalue weighted by Crippen LogP contribution is 2.45. The Balaban J connectivity index is 2.21. The highest BCUT2D eigenvalue weighted by molar-refractivity contribution is 6.35. The van der Waals surface area contributed by atoms with Crippen LogP contribution in [-0.4, -0.2) is 36.9 Å². The lowest BCUT2D eigenvalue weighted by molar-refractivity contribution is -0.00824. The molecule has 0 amide bonds. The molecule has 2 aliphatic carbocycles. The van der Waals surface area contributed by atoms with Crippen molar-refractivity contribution in [1.29, 1.82) is 0 Å². The molecule has 2 nitrogen and oxygen atoms in total. The van der Waals surface area contributed by atoms with E-state index < -0.39 is 5.50 Å². The van der Waals surface area contributed by atoms with Crippen LogP contribution >= 0.6 is 0 Å². The molecule has 2 fully saturated rings. The van der Waals surface area contributed by atoms with Gasteiger partial charge in [0.15, 0.2) is 0 Å². The van der Waals surface area contributed by atoms with E-state index in [0.29, 0.717) is 11.7 Å². The maximum Gasteiger partial charge on any atom is 0.113 e. The van der Waals surface area contributed by atoms with Crippen LogP contribution in [0.2, 0.25) is 12.6 Å². The summed E-state index contributed by atoms with van der Waals surface area (Å²) in [6, 6.07) is 0. The Morgan fingerprint density at radius 1 is 1.11 bits per heavy atom. The number of aliphatic hydroxyl groups is 2. The zero-order valence-electron chi connectivity index (χ0n) is 12.2. The average Bonchev–Trinajstić information content (AvgIpc) is 2.33. The molecule has 0 aromatic carbocycles. The molecule has 2 N–H and O–H groups in total. The van der Waals surface area contributed by atoms with Gasteiger partial charge in [0, 0.05) is 5.50 Å². The molecular formula is C15H27B2O2. The molecule has 19 heavy (non-hydrogen) atoms. The lowest BCUT2D eigenvalue weighted by Gasteiger charge is -2.46. The third-order valence-corrected chi connectivity index (χ3v) is 5.35. The molecule has 2 aliphatic rings. The van der Waals surface area contributed by atoms with Crippen LogP contribution in [0.4, 0.5) is 0 Å². The van der Waals surface area contributed by atoms with E-state index in [1.54, 1.807) is 0 Å². The molecule has 0 saturated heterocycles. The van der Waals surface area contributed by atoms with E-state index in [-0.39, 0.29) is 12.0 Å². The van der Waals surface area contributed by atoms with E-state index in [9.17, 15) is 10.2 Å². The second kappa shape index (κ2) is 6.67. The Morgan fingerprint density at radius 2 is 1.89 bits per heavy atom. The fourth-order valence-electron chi connectivity index (χ4n) is 4.26. The van der Waals surface area contributed by atoms with Crippen LogP contribution in [0.5, 0.6) is 0 Å². The zero-order chi connectivity index (χ0) is 13.9. The van der Waals surface area contributed by atoms with Crippen LogP contribution in [0.25, 0.3) is 0 Å². The maximum absolute atomic E-state index is 10.7. The number of fused-ring (bicyclic) bond motifs is 1. The molecule has 0 bridgehead atoms. The van der Waals surface area contributed by atoms with Gasteiger partial charge in [-0.2, -0.15) is 0 Å². The molecule has 5 atom stereocenters. The molecule has 0 heterocycles. The largest absolute Gasteiger partial charge is 0.400 e. The fraction of sp³-hybridized carbons (Fsp3) is 1.00. The van der Waals surface area contributed by atoms with Gasteiger partial charge in [-0.1, -0.05) is 44.7 Å². The van der Waals surface area contributed by atoms with Crippen molar-refractivity contribution in [2.45, 2.75) is 82.0 Å². The van der Waals surface area contributed by atoms with Crippen LogP contribution in [0.15, 0.2) is 0 Å². The summed E-state index contributed by atoms with van der Waals surface area (Å²) < 4.78 is 0. The minimum absolute atomic E-state index is 0.182. The molecular weight excluding hydrogens is 234 g/mol. The molecule has 0 spiro atoms. The summed E-state index contributed by atoms with van der Waals surface area (Å²) >= 11 is 0. The Labute approximate surface area is 120 Å². The second-order valence-corrected chi connectivity index (χ2v) is 6.68. The lowest BCUT2D eigenvalue weighted by Crippen LogP contribution is -2.46. The Bertz CT molecular complexity index is 283. The van der Waals surface area contributed by atoms with Crippen molar-refractivity contribution < 1.29 is 10.2 Å². The molecule has 4 heteroatoms. The van der Waals surface area contributed by atoms with Crippen molar-refractivity contribution in [2.24, 2.45) is 11.8 Å². The third kappa shape index (κ3) is 3.78. The van der Waals surface area contributed by atoms with Gasteiger partial charge in [0.1, 0.15) is 15.1 Å². The normalized spacial score (nSPS) is 45.2. The van der Waals surface area contributed by atoms with Gasteiger partial charge < -0.3 is 10.2 Å². The Morgan fingerprint density at radius 3 is 2.63 bits per heavy atom. The summed E-state index contributed by atoms with van der Waals surface area (Å²) in [5.74, 6) is 1.03.